The summed E-state index contributed by atoms with van der Waals surface area (Å²) in [6, 6.07) is 8.66. The maximum atomic E-state index is 12.8. The quantitative estimate of drug-likeness (QED) is 0.672. The third-order valence-corrected chi connectivity index (χ3v) is 4.21. The summed E-state index contributed by atoms with van der Waals surface area (Å²) in [5.41, 5.74) is 7.97. The Bertz CT molecular complexity index is 799. The Labute approximate surface area is 137 Å². The van der Waals surface area contributed by atoms with Gasteiger partial charge in [-0.05, 0) is 41.8 Å². The van der Waals surface area contributed by atoms with Crippen LogP contribution < -0.4 is 5.73 Å². The van der Waals surface area contributed by atoms with Crippen LogP contribution in [0.5, 0.6) is 0 Å². The summed E-state index contributed by atoms with van der Waals surface area (Å²) in [5.74, 6) is -0.452. The number of alkyl halides is 3. The van der Waals surface area contributed by atoms with E-state index in [4.69, 9.17) is 10.5 Å². The molecule has 3 rings (SSSR count). The molecule has 1 unspecified atom stereocenters. The van der Waals surface area contributed by atoms with Gasteiger partial charge in [-0.15, -0.1) is 0 Å². The van der Waals surface area contributed by atoms with E-state index in [-0.39, 0.29) is 0 Å². The van der Waals surface area contributed by atoms with E-state index < -0.39 is 23.8 Å². The number of halogens is 3. The zero-order valence-corrected chi connectivity index (χ0v) is 13.0. The van der Waals surface area contributed by atoms with Crippen molar-refractivity contribution in [1.29, 1.82) is 0 Å². The Balaban J connectivity index is 1.92. The topological polar surface area (TPSA) is 52.3 Å². The number of nitrogen functional groups attached to an aromatic ring is 1. The Morgan fingerprint density at radius 3 is 2.54 bits per heavy atom. The molecule has 1 aliphatic heterocycles. The molecule has 0 aliphatic carbocycles. The van der Waals surface area contributed by atoms with E-state index in [1.54, 1.807) is 25.1 Å². The highest BCUT2D eigenvalue weighted by molar-refractivity contribution is 5.95. The van der Waals surface area contributed by atoms with Crippen LogP contribution in [0.15, 0.2) is 36.4 Å². The average Bonchev–Trinajstić information content (AvgIpc) is 2.82. The molecule has 2 aromatic carbocycles. The van der Waals surface area contributed by atoms with Gasteiger partial charge in [0.25, 0.3) is 0 Å². The molecule has 1 aliphatic rings. The Morgan fingerprint density at radius 2 is 1.88 bits per heavy atom. The van der Waals surface area contributed by atoms with Crippen LogP contribution in [0.2, 0.25) is 0 Å². The molecule has 0 aromatic heterocycles. The van der Waals surface area contributed by atoms with E-state index in [0.29, 0.717) is 29.7 Å². The number of carbonyl (C=O) groups is 1. The summed E-state index contributed by atoms with van der Waals surface area (Å²) in [5, 5.41) is 0. The van der Waals surface area contributed by atoms with Crippen LogP contribution in [0, 0.1) is 0 Å². The largest absolute Gasteiger partial charge is 0.454 e. The summed E-state index contributed by atoms with van der Waals surface area (Å²) in [4.78, 5) is 11.9. The number of nitrogens with two attached hydrogens (primary N) is 1. The molecule has 0 spiro atoms. The molecule has 3 nitrogen and oxygen atoms in total. The number of ether oxygens (including phenoxy) is 1. The summed E-state index contributed by atoms with van der Waals surface area (Å²) < 4.78 is 43.9. The van der Waals surface area contributed by atoms with Gasteiger partial charge in [0.2, 0.25) is 0 Å². The van der Waals surface area contributed by atoms with Gasteiger partial charge in [-0.2, -0.15) is 13.2 Å². The first-order chi connectivity index (χ1) is 11.3. The van der Waals surface area contributed by atoms with Crippen LogP contribution >= 0.6 is 0 Å². The van der Waals surface area contributed by atoms with Gasteiger partial charge in [-0.25, -0.2) is 4.79 Å². The van der Waals surface area contributed by atoms with Gasteiger partial charge in [-0.3, -0.25) is 0 Å². The fraction of sp³-hybridized carbons (Fsp3) is 0.278. The Morgan fingerprint density at radius 1 is 1.12 bits per heavy atom. The summed E-state index contributed by atoms with van der Waals surface area (Å²) in [7, 11) is 0. The Kier molecular flexibility index (Phi) is 3.99. The molecule has 24 heavy (non-hydrogen) atoms. The first-order valence-corrected chi connectivity index (χ1v) is 7.59. The molecule has 1 atom stereocenters. The van der Waals surface area contributed by atoms with Gasteiger partial charge in [0.1, 0.15) is 6.10 Å². The predicted octanol–water partition coefficient (Wildman–Crippen LogP) is 4.30. The fourth-order valence-corrected chi connectivity index (χ4v) is 2.97. The minimum Gasteiger partial charge on any atom is -0.454 e. The molecule has 0 fully saturated rings. The SMILES string of the molecule is CCc1cc(C(F)(F)F)ccc1CC1OC(=O)c2cc(N)ccc21. The molecule has 6 heteroatoms. The normalized spacial score (nSPS) is 16.8. The van der Waals surface area contributed by atoms with Crippen LogP contribution in [-0.2, 0) is 23.8 Å². The second kappa shape index (κ2) is 5.85. The molecule has 126 valence electrons. The maximum Gasteiger partial charge on any atom is 0.416 e. The number of anilines is 1. The number of hydrogen-bond acceptors (Lipinski definition) is 3. The second-order valence-corrected chi connectivity index (χ2v) is 5.78. The number of carbonyl (C=O) groups excluding carboxylic acids is 1. The molecule has 0 amide bonds. The number of rotatable bonds is 3. The standard InChI is InChI=1S/C18H16F3NO2/c1-2-10-7-12(18(19,20)21)4-3-11(10)8-16-14-6-5-13(22)9-15(14)17(23)24-16/h3-7,9,16H,2,8,22H2,1H3. The lowest BCUT2D eigenvalue weighted by Gasteiger charge is -2.16. The van der Waals surface area contributed by atoms with Crippen molar-refractivity contribution >= 4 is 11.7 Å². The zero-order chi connectivity index (χ0) is 17.5. The summed E-state index contributed by atoms with van der Waals surface area (Å²) in [6.07, 6.45) is -4.07. The molecule has 0 radical (unpaired) electrons. The van der Waals surface area contributed by atoms with E-state index in [9.17, 15) is 18.0 Å². The minimum absolute atomic E-state index is 0.337. The van der Waals surface area contributed by atoms with Gasteiger partial charge in [0, 0.05) is 17.7 Å². The first kappa shape index (κ1) is 16.4. The third-order valence-electron chi connectivity index (χ3n) is 4.21. The van der Waals surface area contributed by atoms with E-state index in [1.807, 2.05) is 0 Å². The van der Waals surface area contributed by atoms with Crippen molar-refractivity contribution in [2.24, 2.45) is 0 Å². The lowest BCUT2D eigenvalue weighted by molar-refractivity contribution is -0.137. The maximum absolute atomic E-state index is 12.8. The molecular formula is C18H16F3NO2. The number of hydrogen-bond donors (Lipinski definition) is 1. The van der Waals surface area contributed by atoms with E-state index in [1.165, 1.54) is 6.07 Å². The van der Waals surface area contributed by atoms with Crippen LogP contribution in [0.25, 0.3) is 0 Å². The summed E-state index contributed by atoms with van der Waals surface area (Å²) >= 11 is 0. The predicted molar refractivity (Wildman–Crippen MR) is 83.5 cm³/mol. The highest BCUT2D eigenvalue weighted by Gasteiger charge is 2.33. The van der Waals surface area contributed by atoms with Gasteiger partial charge < -0.3 is 10.5 Å². The van der Waals surface area contributed by atoms with Crippen molar-refractivity contribution in [2.45, 2.75) is 32.0 Å². The van der Waals surface area contributed by atoms with Crippen LogP contribution in [-0.4, -0.2) is 5.97 Å². The smallest absolute Gasteiger partial charge is 0.416 e. The monoisotopic (exact) mass is 335 g/mol. The van der Waals surface area contributed by atoms with E-state index in [0.717, 1.165) is 23.3 Å². The molecule has 0 saturated heterocycles. The first-order valence-electron chi connectivity index (χ1n) is 7.59. The molecule has 0 saturated carbocycles. The molecular weight excluding hydrogens is 319 g/mol. The second-order valence-electron chi connectivity index (χ2n) is 5.78. The molecule has 1 heterocycles. The number of cyclic esters (lactones) is 1. The Hall–Kier alpha value is -2.50. The average molecular weight is 335 g/mol. The fourth-order valence-electron chi connectivity index (χ4n) is 2.97. The number of esters is 1. The lowest BCUT2D eigenvalue weighted by Crippen LogP contribution is -2.09. The van der Waals surface area contributed by atoms with Gasteiger partial charge >= 0.3 is 12.1 Å². The molecule has 2 aromatic rings. The number of fused-ring (bicyclic) bond motifs is 1. The van der Waals surface area contributed by atoms with Crippen LogP contribution in [0.4, 0.5) is 18.9 Å². The molecule has 0 bridgehead atoms. The summed E-state index contributed by atoms with van der Waals surface area (Å²) in [6.45, 7) is 1.80. The van der Waals surface area contributed by atoms with E-state index >= 15 is 0 Å². The van der Waals surface area contributed by atoms with Gasteiger partial charge in [0.15, 0.2) is 0 Å². The van der Waals surface area contributed by atoms with Crippen LogP contribution in [0.3, 0.4) is 0 Å². The number of aryl methyl sites for hydroxylation is 1. The van der Waals surface area contributed by atoms with Crippen molar-refractivity contribution in [2.75, 3.05) is 5.73 Å². The van der Waals surface area contributed by atoms with E-state index in [2.05, 4.69) is 0 Å². The minimum atomic E-state index is -4.37. The highest BCUT2D eigenvalue weighted by Crippen LogP contribution is 2.36. The van der Waals surface area contributed by atoms with Gasteiger partial charge in [-0.1, -0.05) is 19.1 Å². The van der Waals surface area contributed by atoms with Crippen molar-refractivity contribution < 1.29 is 22.7 Å². The number of benzene rings is 2. The van der Waals surface area contributed by atoms with Gasteiger partial charge in [0.05, 0.1) is 11.1 Å². The zero-order valence-electron chi connectivity index (χ0n) is 13.0. The van der Waals surface area contributed by atoms with Crippen LogP contribution in [0.1, 0.15) is 45.6 Å². The van der Waals surface area contributed by atoms with Crippen molar-refractivity contribution in [1.82, 2.24) is 0 Å². The van der Waals surface area contributed by atoms with Crippen molar-refractivity contribution in [3.8, 4) is 0 Å². The third kappa shape index (κ3) is 2.96. The van der Waals surface area contributed by atoms with Crippen molar-refractivity contribution in [3.05, 3.63) is 64.2 Å². The van der Waals surface area contributed by atoms with Crippen molar-refractivity contribution in [3.63, 3.8) is 0 Å². The lowest BCUT2D eigenvalue weighted by atomic mass is 9.94. The highest BCUT2D eigenvalue weighted by atomic mass is 19.4. The molecule has 2 N–H and O–H groups in total.